The van der Waals surface area contributed by atoms with Crippen LogP contribution in [-0.4, -0.2) is 13.4 Å². The molecule has 0 fully saturated rings. The third kappa shape index (κ3) is 3.73. The van der Waals surface area contributed by atoms with Crippen molar-refractivity contribution in [2.75, 3.05) is 10.1 Å². The fourth-order valence-corrected chi connectivity index (χ4v) is 3.91. The monoisotopic (exact) mass is 434 g/mol. The Morgan fingerprint density at radius 1 is 1.19 bits per heavy atom. The second-order valence-electron chi connectivity index (χ2n) is 4.21. The number of hydrogen-bond acceptors (Lipinski definition) is 5. The molecule has 1 aromatic carbocycles. The SMILES string of the molecule is Cc1cc(Br)ccc1NS(=O)(=O)c1cc(Br)cnc1NN. The Balaban J connectivity index is 2.45. The first kappa shape index (κ1) is 16.2. The molecule has 1 heterocycles. The van der Waals surface area contributed by atoms with Crippen molar-refractivity contribution in [3.8, 4) is 0 Å². The van der Waals surface area contributed by atoms with E-state index in [4.69, 9.17) is 5.84 Å². The molecule has 0 aliphatic heterocycles. The van der Waals surface area contributed by atoms with Gasteiger partial charge >= 0.3 is 0 Å². The highest BCUT2D eigenvalue weighted by molar-refractivity contribution is 9.10. The minimum absolute atomic E-state index is 0.0401. The highest BCUT2D eigenvalue weighted by atomic mass is 79.9. The summed E-state index contributed by atoms with van der Waals surface area (Å²) < 4.78 is 28.9. The second-order valence-corrected chi connectivity index (χ2v) is 7.69. The molecule has 2 rings (SSSR count). The summed E-state index contributed by atoms with van der Waals surface area (Å²) in [6, 6.07) is 6.68. The first-order chi connectivity index (χ1) is 9.83. The molecule has 9 heteroatoms. The van der Waals surface area contributed by atoms with Crippen LogP contribution in [0, 0.1) is 6.92 Å². The fraction of sp³-hybridized carbons (Fsp3) is 0.0833. The van der Waals surface area contributed by atoms with Gasteiger partial charge in [0.15, 0.2) is 5.82 Å². The average molecular weight is 436 g/mol. The smallest absolute Gasteiger partial charge is 0.265 e. The molecule has 0 aliphatic carbocycles. The maximum Gasteiger partial charge on any atom is 0.265 e. The normalized spacial score (nSPS) is 11.2. The number of aryl methyl sites for hydroxylation is 1. The maximum atomic E-state index is 12.5. The summed E-state index contributed by atoms with van der Waals surface area (Å²) >= 11 is 6.53. The third-order valence-electron chi connectivity index (χ3n) is 2.68. The van der Waals surface area contributed by atoms with Crippen LogP contribution in [0.1, 0.15) is 5.56 Å². The Morgan fingerprint density at radius 3 is 2.52 bits per heavy atom. The summed E-state index contributed by atoms with van der Waals surface area (Å²) in [7, 11) is -3.81. The van der Waals surface area contributed by atoms with Crippen LogP contribution in [0.25, 0.3) is 0 Å². The zero-order valence-electron chi connectivity index (χ0n) is 10.9. The number of nitrogens with zero attached hydrogens (tertiary/aromatic N) is 1. The number of hydrazine groups is 1. The molecule has 0 atom stereocenters. The number of aromatic nitrogens is 1. The number of benzene rings is 1. The number of anilines is 2. The highest BCUT2D eigenvalue weighted by Crippen LogP contribution is 2.27. The molecule has 21 heavy (non-hydrogen) atoms. The fourth-order valence-electron chi connectivity index (χ4n) is 1.68. The lowest BCUT2D eigenvalue weighted by molar-refractivity contribution is 0.601. The van der Waals surface area contributed by atoms with Crippen molar-refractivity contribution in [3.05, 3.63) is 45.0 Å². The quantitative estimate of drug-likeness (QED) is 0.506. The van der Waals surface area contributed by atoms with Crippen molar-refractivity contribution in [1.29, 1.82) is 0 Å². The summed E-state index contributed by atoms with van der Waals surface area (Å²) in [4.78, 5) is 3.89. The average Bonchev–Trinajstić information content (AvgIpc) is 2.42. The van der Waals surface area contributed by atoms with Gasteiger partial charge in [0, 0.05) is 15.1 Å². The van der Waals surface area contributed by atoms with Gasteiger partial charge in [-0.1, -0.05) is 15.9 Å². The van der Waals surface area contributed by atoms with Crippen molar-refractivity contribution in [2.24, 2.45) is 5.84 Å². The molecule has 6 nitrogen and oxygen atoms in total. The molecule has 2 aromatic rings. The second kappa shape index (κ2) is 6.30. The van der Waals surface area contributed by atoms with Crippen LogP contribution in [0.5, 0.6) is 0 Å². The van der Waals surface area contributed by atoms with Crippen LogP contribution < -0.4 is 16.0 Å². The highest BCUT2D eigenvalue weighted by Gasteiger charge is 2.21. The zero-order chi connectivity index (χ0) is 15.6. The lowest BCUT2D eigenvalue weighted by atomic mass is 10.2. The zero-order valence-corrected chi connectivity index (χ0v) is 14.9. The molecule has 1 aromatic heterocycles. The van der Waals surface area contributed by atoms with E-state index in [0.29, 0.717) is 10.2 Å². The summed E-state index contributed by atoms with van der Waals surface area (Å²) in [5, 5.41) is 0. The van der Waals surface area contributed by atoms with E-state index in [1.165, 1.54) is 12.3 Å². The van der Waals surface area contributed by atoms with Gasteiger partial charge in [0.25, 0.3) is 10.0 Å². The van der Waals surface area contributed by atoms with Gasteiger partial charge in [0.1, 0.15) is 4.90 Å². The molecule has 0 saturated heterocycles. The van der Waals surface area contributed by atoms with Gasteiger partial charge in [-0.05, 0) is 52.7 Å². The first-order valence-electron chi connectivity index (χ1n) is 5.74. The molecule has 0 amide bonds. The van der Waals surface area contributed by atoms with Crippen molar-refractivity contribution in [3.63, 3.8) is 0 Å². The predicted molar refractivity (Wildman–Crippen MR) is 89.4 cm³/mol. The number of rotatable bonds is 4. The van der Waals surface area contributed by atoms with Crippen LogP contribution in [0.4, 0.5) is 11.5 Å². The van der Waals surface area contributed by atoms with Crippen LogP contribution in [0.2, 0.25) is 0 Å². The van der Waals surface area contributed by atoms with Gasteiger partial charge in [-0.15, -0.1) is 0 Å². The van der Waals surface area contributed by atoms with Crippen molar-refractivity contribution < 1.29 is 8.42 Å². The van der Waals surface area contributed by atoms with Gasteiger partial charge in [-0.25, -0.2) is 19.2 Å². The standard InChI is InChI=1S/C12H12Br2N4O2S/c1-7-4-8(13)2-3-10(7)18-21(19,20)11-5-9(14)6-16-12(11)17-15/h2-6,18H,15H2,1H3,(H,16,17). The van der Waals surface area contributed by atoms with Crippen molar-refractivity contribution in [1.82, 2.24) is 4.98 Å². The Hall–Kier alpha value is -1.16. The summed E-state index contributed by atoms with van der Waals surface area (Å²) in [6.07, 6.45) is 1.46. The van der Waals surface area contributed by atoms with Gasteiger partial charge in [0.05, 0.1) is 5.69 Å². The number of halogens is 2. The van der Waals surface area contributed by atoms with E-state index in [1.54, 1.807) is 12.1 Å². The molecule has 0 unspecified atom stereocenters. The molecule has 0 aliphatic rings. The number of nitrogens with two attached hydrogens (primary N) is 1. The van der Waals surface area contributed by atoms with Gasteiger partial charge in [-0.3, -0.25) is 4.72 Å². The maximum absolute atomic E-state index is 12.5. The largest absolute Gasteiger partial charge is 0.307 e. The minimum Gasteiger partial charge on any atom is -0.307 e. The van der Waals surface area contributed by atoms with Gasteiger partial charge in [-0.2, -0.15) is 0 Å². The van der Waals surface area contributed by atoms with E-state index in [-0.39, 0.29) is 10.7 Å². The number of pyridine rings is 1. The van der Waals surface area contributed by atoms with Crippen LogP contribution >= 0.6 is 31.9 Å². The number of hydrogen-bond donors (Lipinski definition) is 3. The summed E-state index contributed by atoms with van der Waals surface area (Å²) in [5.41, 5.74) is 3.56. The topological polar surface area (TPSA) is 97.1 Å². The minimum atomic E-state index is -3.81. The first-order valence-corrected chi connectivity index (χ1v) is 8.81. The molecule has 0 spiro atoms. The van der Waals surface area contributed by atoms with Crippen LogP contribution in [-0.2, 0) is 10.0 Å². The Kier molecular flexibility index (Phi) is 4.87. The molecule has 112 valence electrons. The number of nitrogens with one attached hydrogen (secondary N) is 2. The van der Waals surface area contributed by atoms with E-state index in [9.17, 15) is 8.42 Å². The number of nitrogen functional groups attached to an aromatic ring is 1. The van der Waals surface area contributed by atoms with E-state index < -0.39 is 10.0 Å². The molecular weight excluding hydrogens is 424 g/mol. The van der Waals surface area contributed by atoms with E-state index in [2.05, 4.69) is 47.0 Å². The van der Waals surface area contributed by atoms with E-state index in [1.807, 2.05) is 13.0 Å². The van der Waals surface area contributed by atoms with Crippen LogP contribution in [0.3, 0.4) is 0 Å². The Labute approximate surface area is 139 Å². The van der Waals surface area contributed by atoms with E-state index >= 15 is 0 Å². The summed E-state index contributed by atoms with van der Waals surface area (Å²) in [5.74, 6) is 5.38. The van der Waals surface area contributed by atoms with Gasteiger partial charge in [0.2, 0.25) is 0 Å². The van der Waals surface area contributed by atoms with Crippen LogP contribution in [0.15, 0.2) is 44.3 Å². The predicted octanol–water partition coefficient (Wildman–Crippen LogP) is 3.00. The van der Waals surface area contributed by atoms with Crippen molar-refractivity contribution in [2.45, 2.75) is 11.8 Å². The summed E-state index contributed by atoms with van der Waals surface area (Å²) in [6.45, 7) is 1.81. The molecule has 4 N–H and O–H groups in total. The van der Waals surface area contributed by atoms with E-state index in [0.717, 1.165) is 10.0 Å². The third-order valence-corrected chi connectivity index (χ3v) is 4.98. The lowest BCUT2D eigenvalue weighted by Crippen LogP contribution is -2.19. The van der Waals surface area contributed by atoms with Crippen molar-refractivity contribution >= 4 is 53.4 Å². The lowest BCUT2D eigenvalue weighted by Gasteiger charge is -2.13. The molecule has 0 bridgehead atoms. The molecule has 0 saturated carbocycles. The molecular formula is C12H12Br2N4O2S. The Bertz CT molecular complexity index is 781. The Morgan fingerprint density at radius 2 is 1.90 bits per heavy atom. The van der Waals surface area contributed by atoms with Gasteiger partial charge < -0.3 is 5.43 Å². The number of sulfonamides is 1. The molecule has 0 radical (unpaired) electrons.